The zero-order chi connectivity index (χ0) is 67.3. The summed E-state index contributed by atoms with van der Waals surface area (Å²) in [6.07, 6.45) is 62.9. The summed E-state index contributed by atoms with van der Waals surface area (Å²) in [5, 5.41) is 87.9. The van der Waals surface area contributed by atoms with E-state index in [0.29, 0.717) is 12.8 Å². The van der Waals surface area contributed by atoms with Crippen molar-refractivity contribution < 1.29 is 64.6 Å². The third-order valence-corrected chi connectivity index (χ3v) is 20.6. The molecule has 2 aliphatic rings. The summed E-state index contributed by atoms with van der Waals surface area (Å²) in [6, 6.07) is -0.826. The standard InChI is InChI=1S/C79H155NO13/c1-3-5-7-9-11-13-15-17-19-21-23-25-27-29-31-33-34-35-36-38-40-42-44-46-48-50-52-54-56-58-60-62-68(83)67(66-90-78-76(89)74(87)77(70(65-82)92-78)93-79-75(88)73(86)72(85)69(64-81)91-79)80-71(84)63-61-59-57-55-53-51-49-47-45-43-41-39-37-32-30-28-26-24-22-20-18-16-14-12-10-8-6-4-2/h67-70,72-79,81-83,85-89H,3-66H2,1-2H3,(H,80,84). The molecule has 1 amide bonds. The highest BCUT2D eigenvalue weighted by Crippen LogP contribution is 2.31. The van der Waals surface area contributed by atoms with Crippen LogP contribution in [0.3, 0.4) is 0 Å². The van der Waals surface area contributed by atoms with Crippen molar-refractivity contribution in [2.75, 3.05) is 19.8 Å². The molecule has 93 heavy (non-hydrogen) atoms. The first kappa shape index (κ1) is 88.1. The molecule has 2 saturated heterocycles. The van der Waals surface area contributed by atoms with Crippen molar-refractivity contribution in [2.45, 2.75) is 479 Å². The Morgan fingerprint density at radius 1 is 0.344 bits per heavy atom. The molecule has 0 radical (unpaired) electrons. The van der Waals surface area contributed by atoms with E-state index in [1.165, 1.54) is 327 Å². The molecule has 2 aliphatic heterocycles. The summed E-state index contributed by atoms with van der Waals surface area (Å²) >= 11 is 0. The molecule has 2 rings (SSSR count). The Bertz CT molecular complexity index is 1560. The minimum absolute atomic E-state index is 0.195. The molecule has 0 aromatic rings. The molecule has 12 unspecified atom stereocenters. The van der Waals surface area contributed by atoms with Gasteiger partial charge in [0.05, 0.1) is 32.0 Å². The fourth-order valence-electron chi connectivity index (χ4n) is 14.1. The van der Waals surface area contributed by atoms with E-state index in [-0.39, 0.29) is 12.5 Å². The van der Waals surface area contributed by atoms with Crippen molar-refractivity contribution in [3.05, 3.63) is 0 Å². The van der Waals surface area contributed by atoms with Crippen LogP contribution in [0.15, 0.2) is 0 Å². The van der Waals surface area contributed by atoms with Gasteiger partial charge in [0, 0.05) is 6.42 Å². The number of ether oxygens (including phenoxy) is 4. The Morgan fingerprint density at radius 3 is 0.914 bits per heavy atom. The molecular weight excluding hydrogens is 1170 g/mol. The number of carbonyl (C=O) groups excluding carboxylic acids is 1. The second kappa shape index (κ2) is 64.4. The lowest BCUT2D eigenvalue weighted by atomic mass is 9.97. The highest BCUT2D eigenvalue weighted by atomic mass is 16.7. The molecule has 2 fully saturated rings. The number of amides is 1. The minimum atomic E-state index is -1.78. The molecule has 2 heterocycles. The largest absolute Gasteiger partial charge is 0.394 e. The van der Waals surface area contributed by atoms with Crippen LogP contribution in [-0.2, 0) is 23.7 Å². The minimum Gasteiger partial charge on any atom is -0.394 e. The van der Waals surface area contributed by atoms with E-state index in [1.54, 1.807) is 0 Å². The van der Waals surface area contributed by atoms with E-state index in [4.69, 9.17) is 18.9 Å². The summed E-state index contributed by atoms with van der Waals surface area (Å²) in [4.78, 5) is 13.4. The molecule has 14 heteroatoms. The van der Waals surface area contributed by atoms with Gasteiger partial charge >= 0.3 is 0 Å². The molecule has 0 aromatic heterocycles. The normalized spacial score (nSPS) is 22.4. The average Bonchev–Trinajstić information content (AvgIpc) is 0.864. The van der Waals surface area contributed by atoms with Gasteiger partial charge in [0.2, 0.25) is 5.91 Å². The first-order chi connectivity index (χ1) is 45.6. The molecule has 0 saturated carbocycles. The lowest BCUT2D eigenvalue weighted by Gasteiger charge is -2.46. The third kappa shape index (κ3) is 47.6. The van der Waals surface area contributed by atoms with Crippen LogP contribution < -0.4 is 5.32 Å². The molecular formula is C79H155NO13. The highest BCUT2D eigenvalue weighted by molar-refractivity contribution is 5.76. The van der Waals surface area contributed by atoms with Gasteiger partial charge in [-0.2, -0.15) is 0 Å². The number of aliphatic hydroxyl groups is 8. The van der Waals surface area contributed by atoms with E-state index in [2.05, 4.69) is 19.2 Å². The molecule has 12 atom stereocenters. The smallest absolute Gasteiger partial charge is 0.220 e. The molecule has 9 N–H and O–H groups in total. The summed E-state index contributed by atoms with van der Waals surface area (Å²) in [5.41, 5.74) is 0. The number of unbranched alkanes of at least 4 members (excludes halogenated alkanes) is 57. The fraction of sp³-hybridized carbons (Fsp3) is 0.987. The van der Waals surface area contributed by atoms with Gasteiger partial charge in [-0.1, -0.05) is 386 Å². The maximum atomic E-state index is 13.4. The van der Waals surface area contributed by atoms with E-state index < -0.39 is 86.8 Å². The van der Waals surface area contributed by atoms with Crippen molar-refractivity contribution in [3.63, 3.8) is 0 Å². The third-order valence-electron chi connectivity index (χ3n) is 20.6. The second-order valence-electron chi connectivity index (χ2n) is 29.3. The Kier molecular flexibility index (Phi) is 61.0. The van der Waals surface area contributed by atoms with E-state index >= 15 is 0 Å². The van der Waals surface area contributed by atoms with Crippen LogP contribution in [0.2, 0.25) is 0 Å². The van der Waals surface area contributed by atoms with Gasteiger partial charge in [0.15, 0.2) is 12.6 Å². The van der Waals surface area contributed by atoms with Crippen LogP contribution in [0.4, 0.5) is 0 Å². The second-order valence-corrected chi connectivity index (χ2v) is 29.3. The Morgan fingerprint density at radius 2 is 0.613 bits per heavy atom. The lowest BCUT2D eigenvalue weighted by molar-refractivity contribution is -0.359. The predicted molar refractivity (Wildman–Crippen MR) is 383 cm³/mol. The van der Waals surface area contributed by atoms with Crippen molar-refractivity contribution in [1.29, 1.82) is 0 Å². The zero-order valence-corrected chi connectivity index (χ0v) is 60.8. The van der Waals surface area contributed by atoms with Gasteiger partial charge in [-0.25, -0.2) is 0 Å². The zero-order valence-electron chi connectivity index (χ0n) is 60.8. The van der Waals surface area contributed by atoms with Gasteiger partial charge in [-0.3, -0.25) is 4.79 Å². The number of hydrogen-bond donors (Lipinski definition) is 9. The fourth-order valence-corrected chi connectivity index (χ4v) is 14.1. The number of carbonyl (C=O) groups is 1. The van der Waals surface area contributed by atoms with E-state index in [0.717, 1.165) is 51.4 Å². The van der Waals surface area contributed by atoms with Crippen LogP contribution in [0.1, 0.15) is 406 Å². The number of nitrogens with one attached hydrogen (secondary N) is 1. The average molecular weight is 1330 g/mol. The molecule has 0 spiro atoms. The maximum Gasteiger partial charge on any atom is 0.220 e. The number of rotatable bonds is 70. The summed E-state index contributed by atoms with van der Waals surface area (Å²) in [6.45, 7) is 2.95. The van der Waals surface area contributed by atoms with Crippen LogP contribution >= 0.6 is 0 Å². The van der Waals surface area contributed by atoms with Gasteiger partial charge in [-0.05, 0) is 12.8 Å². The summed E-state index contributed by atoms with van der Waals surface area (Å²) < 4.78 is 23.0. The van der Waals surface area contributed by atoms with Crippen LogP contribution in [-0.4, -0.2) is 140 Å². The molecule has 14 nitrogen and oxygen atoms in total. The lowest BCUT2D eigenvalue weighted by Crippen LogP contribution is -2.65. The van der Waals surface area contributed by atoms with Gasteiger partial charge in [-0.15, -0.1) is 0 Å². The quantitative estimate of drug-likeness (QED) is 0.0259. The van der Waals surface area contributed by atoms with Crippen molar-refractivity contribution in [1.82, 2.24) is 5.32 Å². The predicted octanol–water partition coefficient (Wildman–Crippen LogP) is 18.3. The van der Waals surface area contributed by atoms with Crippen LogP contribution in [0.5, 0.6) is 0 Å². The van der Waals surface area contributed by atoms with Gasteiger partial charge < -0.3 is 65.1 Å². The van der Waals surface area contributed by atoms with Gasteiger partial charge in [0.25, 0.3) is 0 Å². The molecule has 0 aromatic carbocycles. The highest BCUT2D eigenvalue weighted by Gasteiger charge is 2.51. The Hall–Kier alpha value is -1.01. The number of hydrogen-bond acceptors (Lipinski definition) is 13. The van der Waals surface area contributed by atoms with Crippen LogP contribution in [0.25, 0.3) is 0 Å². The first-order valence-corrected chi connectivity index (χ1v) is 40.8. The van der Waals surface area contributed by atoms with E-state index in [1.807, 2.05) is 0 Å². The molecule has 0 bridgehead atoms. The topological polar surface area (TPSA) is 228 Å². The number of aliphatic hydroxyl groups excluding tert-OH is 8. The maximum absolute atomic E-state index is 13.4. The van der Waals surface area contributed by atoms with Crippen molar-refractivity contribution >= 4 is 5.91 Å². The summed E-state index contributed by atoms with van der Waals surface area (Å²) in [7, 11) is 0. The Balaban J connectivity index is 1.60. The van der Waals surface area contributed by atoms with Crippen LogP contribution in [0, 0.1) is 0 Å². The van der Waals surface area contributed by atoms with Crippen molar-refractivity contribution in [2.24, 2.45) is 0 Å². The summed E-state index contributed by atoms with van der Waals surface area (Å²) in [5.74, 6) is -0.195. The molecule has 0 aliphatic carbocycles. The first-order valence-electron chi connectivity index (χ1n) is 40.8. The van der Waals surface area contributed by atoms with E-state index in [9.17, 15) is 45.6 Å². The SMILES string of the molecule is CCCCCCCCCCCCCCCCCCCCCCCCCCCCCCCCCC(O)C(COC1OC(CO)C(OC2OC(CO)C(O)C(O)C2O)C(O)C1O)NC(=O)CCCCCCCCCCCCCCCCCCCCCCCCCCCCCC. The Labute approximate surface area is 572 Å². The molecule has 554 valence electrons. The van der Waals surface area contributed by atoms with Gasteiger partial charge in [0.1, 0.15) is 48.8 Å². The van der Waals surface area contributed by atoms with Crippen molar-refractivity contribution in [3.8, 4) is 0 Å². The monoisotopic (exact) mass is 1330 g/mol.